The minimum Gasteiger partial charge on any atom is -0.478 e. The number of guanidine groups is 1. The first-order chi connectivity index (χ1) is 11.7. The normalized spacial score (nSPS) is 10.8. The van der Waals surface area contributed by atoms with E-state index in [0.717, 1.165) is 12.1 Å². The molecule has 0 aliphatic heterocycles. The molecule has 2 N–H and O–H groups in total. The lowest BCUT2D eigenvalue weighted by molar-refractivity contribution is 0.326. The lowest BCUT2D eigenvalue weighted by Gasteiger charge is -2.12. The second-order valence-corrected chi connectivity index (χ2v) is 5.08. The molecular formula is C18H24FIN4O. The fraction of sp³-hybridized carbons (Fsp3) is 0.333. The average molecular weight is 458 g/mol. The van der Waals surface area contributed by atoms with E-state index >= 15 is 0 Å². The number of nitrogens with zero attached hydrogens (tertiary/aromatic N) is 2. The molecule has 25 heavy (non-hydrogen) atoms. The van der Waals surface area contributed by atoms with Crippen LogP contribution in [0.25, 0.3) is 0 Å². The number of nitrogens with one attached hydrogen (secondary N) is 2. The third-order valence-corrected chi connectivity index (χ3v) is 3.26. The summed E-state index contributed by atoms with van der Waals surface area (Å²) < 4.78 is 19.1. The lowest BCUT2D eigenvalue weighted by atomic mass is 10.2. The standard InChI is InChI=1S/C18H23FN4O.HI/c1-3-20-18(23-13-15-7-5-6-8-16(15)19)22-12-14-9-10-21-17(11-14)24-4-2;/h5-11H,3-4,12-13H2,1-2H3,(H2,20,22,23);1H. The van der Waals surface area contributed by atoms with Gasteiger partial charge in [0.25, 0.3) is 0 Å². The monoisotopic (exact) mass is 458 g/mol. The third-order valence-electron chi connectivity index (χ3n) is 3.26. The van der Waals surface area contributed by atoms with Crippen LogP contribution in [0.15, 0.2) is 47.6 Å². The Hall–Kier alpha value is -1.90. The van der Waals surface area contributed by atoms with Gasteiger partial charge >= 0.3 is 0 Å². The van der Waals surface area contributed by atoms with Crippen molar-refractivity contribution in [1.29, 1.82) is 0 Å². The van der Waals surface area contributed by atoms with E-state index in [4.69, 9.17) is 4.74 Å². The number of halogens is 2. The second-order valence-electron chi connectivity index (χ2n) is 5.08. The van der Waals surface area contributed by atoms with E-state index in [9.17, 15) is 4.39 Å². The van der Waals surface area contributed by atoms with E-state index < -0.39 is 0 Å². The van der Waals surface area contributed by atoms with Crippen LogP contribution in [-0.4, -0.2) is 24.1 Å². The molecule has 0 aliphatic carbocycles. The van der Waals surface area contributed by atoms with Crippen LogP contribution in [0.4, 0.5) is 4.39 Å². The molecule has 1 aromatic carbocycles. The molecule has 1 aromatic heterocycles. The maximum Gasteiger partial charge on any atom is 0.213 e. The zero-order valence-electron chi connectivity index (χ0n) is 14.5. The molecule has 2 rings (SSSR count). The minimum atomic E-state index is -0.226. The summed E-state index contributed by atoms with van der Waals surface area (Å²) in [5.74, 6) is 1.00. The van der Waals surface area contributed by atoms with Gasteiger partial charge in [-0.25, -0.2) is 14.4 Å². The molecular weight excluding hydrogens is 434 g/mol. The molecule has 0 aliphatic rings. The van der Waals surface area contributed by atoms with Crippen LogP contribution in [0.2, 0.25) is 0 Å². The van der Waals surface area contributed by atoms with E-state index in [1.165, 1.54) is 6.07 Å². The highest BCUT2D eigenvalue weighted by molar-refractivity contribution is 14.0. The van der Waals surface area contributed by atoms with Crippen LogP contribution in [0, 0.1) is 5.82 Å². The Morgan fingerprint density at radius 1 is 1.20 bits per heavy atom. The van der Waals surface area contributed by atoms with Crippen molar-refractivity contribution in [1.82, 2.24) is 15.6 Å². The quantitative estimate of drug-likeness (QED) is 0.379. The molecule has 136 valence electrons. The van der Waals surface area contributed by atoms with Gasteiger partial charge in [0, 0.05) is 30.9 Å². The summed E-state index contributed by atoms with van der Waals surface area (Å²) in [6, 6.07) is 10.5. The Morgan fingerprint density at radius 2 is 2.00 bits per heavy atom. The van der Waals surface area contributed by atoms with Crippen LogP contribution >= 0.6 is 24.0 Å². The molecule has 0 amide bonds. The van der Waals surface area contributed by atoms with E-state index in [2.05, 4.69) is 20.6 Å². The Balaban J connectivity index is 0.00000312. The minimum absolute atomic E-state index is 0. The van der Waals surface area contributed by atoms with Gasteiger partial charge in [-0.1, -0.05) is 18.2 Å². The molecule has 7 heteroatoms. The van der Waals surface area contributed by atoms with Gasteiger partial charge in [0.1, 0.15) is 5.82 Å². The number of benzene rings is 1. The van der Waals surface area contributed by atoms with Crippen molar-refractivity contribution in [2.24, 2.45) is 4.99 Å². The van der Waals surface area contributed by atoms with Gasteiger partial charge in [0.15, 0.2) is 5.96 Å². The van der Waals surface area contributed by atoms with Crippen molar-refractivity contribution in [3.8, 4) is 5.88 Å². The first-order valence-corrected chi connectivity index (χ1v) is 8.06. The molecule has 0 unspecified atom stereocenters. The zero-order chi connectivity index (χ0) is 17.2. The number of aromatic nitrogens is 1. The summed E-state index contributed by atoms with van der Waals surface area (Å²) >= 11 is 0. The fourth-order valence-corrected chi connectivity index (χ4v) is 2.11. The summed E-state index contributed by atoms with van der Waals surface area (Å²) in [4.78, 5) is 8.65. The van der Waals surface area contributed by atoms with Gasteiger partial charge in [-0.2, -0.15) is 0 Å². The van der Waals surface area contributed by atoms with Crippen LogP contribution in [0.5, 0.6) is 5.88 Å². The SMILES string of the molecule is CCNC(=NCc1ccnc(OCC)c1)NCc1ccccc1F.I. The largest absolute Gasteiger partial charge is 0.478 e. The highest BCUT2D eigenvalue weighted by atomic mass is 127. The summed E-state index contributed by atoms with van der Waals surface area (Å²) in [6.45, 7) is 6.06. The highest BCUT2D eigenvalue weighted by Crippen LogP contribution is 2.10. The fourth-order valence-electron chi connectivity index (χ4n) is 2.11. The van der Waals surface area contributed by atoms with Crippen molar-refractivity contribution in [3.63, 3.8) is 0 Å². The van der Waals surface area contributed by atoms with E-state index in [-0.39, 0.29) is 29.8 Å². The second kappa shape index (κ2) is 11.6. The Kier molecular flexibility index (Phi) is 9.83. The summed E-state index contributed by atoms with van der Waals surface area (Å²) in [5.41, 5.74) is 1.60. The van der Waals surface area contributed by atoms with E-state index in [0.29, 0.717) is 37.1 Å². The highest BCUT2D eigenvalue weighted by Gasteiger charge is 2.03. The molecule has 0 fully saturated rings. The van der Waals surface area contributed by atoms with Gasteiger partial charge in [-0.3, -0.25) is 0 Å². The van der Waals surface area contributed by atoms with Gasteiger partial charge in [-0.05, 0) is 31.5 Å². The van der Waals surface area contributed by atoms with Crippen LogP contribution in [0.1, 0.15) is 25.0 Å². The van der Waals surface area contributed by atoms with Gasteiger partial charge < -0.3 is 15.4 Å². The smallest absolute Gasteiger partial charge is 0.213 e. The molecule has 5 nitrogen and oxygen atoms in total. The first kappa shape index (κ1) is 21.1. The molecule has 0 radical (unpaired) electrons. The Labute approximate surface area is 165 Å². The van der Waals surface area contributed by atoms with Gasteiger partial charge in [0.05, 0.1) is 13.2 Å². The summed E-state index contributed by atoms with van der Waals surface area (Å²) in [5, 5.41) is 6.29. The Morgan fingerprint density at radius 3 is 2.72 bits per heavy atom. The number of pyridine rings is 1. The molecule has 0 spiro atoms. The predicted molar refractivity (Wildman–Crippen MR) is 109 cm³/mol. The predicted octanol–water partition coefficient (Wildman–Crippen LogP) is 3.49. The van der Waals surface area contributed by atoms with Crippen molar-refractivity contribution in [2.75, 3.05) is 13.2 Å². The maximum absolute atomic E-state index is 13.7. The lowest BCUT2D eigenvalue weighted by Crippen LogP contribution is -2.37. The van der Waals surface area contributed by atoms with Gasteiger partial charge in [-0.15, -0.1) is 24.0 Å². The van der Waals surface area contributed by atoms with E-state index in [1.54, 1.807) is 18.3 Å². The summed E-state index contributed by atoms with van der Waals surface area (Å²) in [6.07, 6.45) is 1.70. The van der Waals surface area contributed by atoms with Crippen molar-refractivity contribution in [2.45, 2.75) is 26.9 Å². The van der Waals surface area contributed by atoms with Crippen molar-refractivity contribution < 1.29 is 9.13 Å². The van der Waals surface area contributed by atoms with Crippen LogP contribution < -0.4 is 15.4 Å². The topological polar surface area (TPSA) is 58.5 Å². The molecule has 2 aromatic rings. The number of rotatable bonds is 7. The number of hydrogen-bond acceptors (Lipinski definition) is 3. The van der Waals surface area contributed by atoms with Crippen LogP contribution in [0.3, 0.4) is 0 Å². The molecule has 0 atom stereocenters. The number of ether oxygens (including phenoxy) is 1. The maximum atomic E-state index is 13.7. The van der Waals surface area contributed by atoms with Crippen LogP contribution in [-0.2, 0) is 13.1 Å². The van der Waals surface area contributed by atoms with E-state index in [1.807, 2.05) is 32.0 Å². The zero-order valence-corrected chi connectivity index (χ0v) is 16.8. The van der Waals surface area contributed by atoms with Gasteiger partial charge in [0.2, 0.25) is 5.88 Å². The number of aliphatic imine (C=N–C) groups is 1. The average Bonchev–Trinajstić information content (AvgIpc) is 2.59. The molecule has 0 saturated carbocycles. The molecule has 1 heterocycles. The van der Waals surface area contributed by atoms with Crippen molar-refractivity contribution in [3.05, 3.63) is 59.5 Å². The molecule has 0 saturated heterocycles. The summed E-state index contributed by atoms with van der Waals surface area (Å²) in [7, 11) is 0. The number of hydrogen-bond donors (Lipinski definition) is 2. The third kappa shape index (κ3) is 7.25. The Bertz CT molecular complexity index is 682. The van der Waals surface area contributed by atoms with Crippen molar-refractivity contribution >= 4 is 29.9 Å². The first-order valence-electron chi connectivity index (χ1n) is 8.06. The molecule has 0 bridgehead atoms.